The second kappa shape index (κ2) is 6.04. The van der Waals surface area contributed by atoms with Gasteiger partial charge in [0.2, 0.25) is 0 Å². The number of methoxy groups -OCH3 is 1. The van der Waals surface area contributed by atoms with Gasteiger partial charge in [-0.05, 0) is 36.8 Å². The Morgan fingerprint density at radius 3 is 2.61 bits per heavy atom. The van der Waals surface area contributed by atoms with Crippen molar-refractivity contribution < 1.29 is 14.6 Å². The predicted molar refractivity (Wildman–Crippen MR) is 91.2 cm³/mol. The second-order valence-electron chi connectivity index (χ2n) is 5.25. The largest absolute Gasteiger partial charge is 0.497 e. The van der Waals surface area contributed by atoms with Crippen molar-refractivity contribution in [2.24, 2.45) is 0 Å². The fraction of sp³-hybridized carbons (Fsp3) is 0.176. The number of carboxylic acids is 1. The molecule has 5 nitrogen and oxygen atoms in total. The van der Waals surface area contributed by atoms with Crippen molar-refractivity contribution in [1.29, 1.82) is 0 Å². The molecule has 0 aliphatic carbocycles. The number of aryl methyl sites for hydroxylation is 1. The molecular formula is C17H15BrN2O3. The highest BCUT2D eigenvalue weighted by atomic mass is 79.9. The van der Waals surface area contributed by atoms with E-state index in [0.29, 0.717) is 12.1 Å². The molecule has 0 saturated carbocycles. The highest BCUT2D eigenvalue weighted by molar-refractivity contribution is 9.10. The summed E-state index contributed by atoms with van der Waals surface area (Å²) in [7, 11) is 1.62. The lowest BCUT2D eigenvalue weighted by atomic mass is 10.1. The topological polar surface area (TPSA) is 64.4 Å². The van der Waals surface area contributed by atoms with Gasteiger partial charge in [-0.2, -0.15) is 5.10 Å². The van der Waals surface area contributed by atoms with E-state index in [2.05, 4.69) is 21.0 Å². The van der Waals surface area contributed by atoms with Gasteiger partial charge < -0.3 is 9.84 Å². The first kappa shape index (κ1) is 15.6. The number of ether oxygens (including phenoxy) is 1. The number of hydrogen-bond acceptors (Lipinski definition) is 3. The minimum atomic E-state index is -0.966. The standard InChI is InChI=1S/C17H15BrN2O3/c1-10-14-7-12(18)8-15(17(21)22)16(14)20(19-10)9-11-3-5-13(23-2)6-4-11/h3-8H,9H2,1-2H3,(H,21,22). The number of halogens is 1. The van der Waals surface area contributed by atoms with Crippen molar-refractivity contribution in [3.63, 3.8) is 0 Å². The molecule has 3 rings (SSSR count). The molecule has 0 radical (unpaired) electrons. The molecule has 1 heterocycles. The third-order valence-corrected chi connectivity index (χ3v) is 4.17. The number of aromatic carboxylic acids is 1. The molecule has 0 amide bonds. The van der Waals surface area contributed by atoms with E-state index in [9.17, 15) is 9.90 Å². The lowest BCUT2D eigenvalue weighted by Crippen LogP contribution is -2.06. The van der Waals surface area contributed by atoms with Crippen LogP contribution in [-0.4, -0.2) is 28.0 Å². The average molecular weight is 375 g/mol. The fourth-order valence-corrected chi connectivity index (χ4v) is 3.08. The number of fused-ring (bicyclic) bond motifs is 1. The van der Waals surface area contributed by atoms with Crippen LogP contribution in [0.15, 0.2) is 40.9 Å². The van der Waals surface area contributed by atoms with Gasteiger partial charge in [-0.3, -0.25) is 4.68 Å². The Kier molecular flexibility index (Phi) is 4.09. The molecule has 1 aromatic heterocycles. The smallest absolute Gasteiger partial charge is 0.337 e. The number of benzene rings is 2. The summed E-state index contributed by atoms with van der Waals surface area (Å²) in [5.74, 6) is -0.183. The summed E-state index contributed by atoms with van der Waals surface area (Å²) >= 11 is 3.36. The zero-order valence-corrected chi connectivity index (χ0v) is 14.3. The second-order valence-corrected chi connectivity index (χ2v) is 6.16. The van der Waals surface area contributed by atoms with Crippen LogP contribution in [0, 0.1) is 6.92 Å². The Morgan fingerprint density at radius 2 is 2.00 bits per heavy atom. The molecule has 1 N–H and O–H groups in total. The lowest BCUT2D eigenvalue weighted by molar-refractivity contribution is 0.0698. The number of nitrogens with zero attached hydrogens (tertiary/aromatic N) is 2. The summed E-state index contributed by atoms with van der Waals surface area (Å²) in [6, 6.07) is 11.2. The van der Waals surface area contributed by atoms with E-state index in [1.54, 1.807) is 17.9 Å². The van der Waals surface area contributed by atoms with E-state index in [4.69, 9.17) is 4.74 Å². The van der Waals surface area contributed by atoms with Gasteiger partial charge in [0, 0.05) is 9.86 Å². The maximum Gasteiger partial charge on any atom is 0.337 e. The maximum absolute atomic E-state index is 11.6. The molecule has 0 fully saturated rings. The summed E-state index contributed by atoms with van der Waals surface area (Å²) in [5.41, 5.74) is 2.70. The number of rotatable bonds is 4. The van der Waals surface area contributed by atoms with Gasteiger partial charge in [0.15, 0.2) is 0 Å². The van der Waals surface area contributed by atoms with Gasteiger partial charge in [0.25, 0.3) is 0 Å². The number of carbonyl (C=O) groups is 1. The summed E-state index contributed by atoms with van der Waals surface area (Å²) in [6.07, 6.45) is 0. The number of carboxylic acid groups (broad SMARTS) is 1. The Labute approximate surface area is 141 Å². The van der Waals surface area contributed by atoms with E-state index in [0.717, 1.165) is 26.9 Å². The van der Waals surface area contributed by atoms with Gasteiger partial charge in [-0.25, -0.2) is 4.79 Å². The van der Waals surface area contributed by atoms with Crippen molar-refractivity contribution in [2.75, 3.05) is 7.11 Å². The Balaban J connectivity index is 2.11. The minimum absolute atomic E-state index is 0.239. The molecule has 0 saturated heterocycles. The SMILES string of the molecule is COc1ccc(Cn2nc(C)c3cc(Br)cc(C(=O)O)c32)cc1. The first-order valence-electron chi connectivity index (χ1n) is 7.02. The number of hydrogen-bond donors (Lipinski definition) is 1. The Bertz CT molecular complexity index is 885. The van der Waals surface area contributed by atoms with Crippen LogP contribution in [0.5, 0.6) is 5.75 Å². The van der Waals surface area contributed by atoms with Crippen LogP contribution >= 0.6 is 15.9 Å². The average Bonchev–Trinajstić information content (AvgIpc) is 2.83. The Hall–Kier alpha value is -2.34. The van der Waals surface area contributed by atoms with E-state index in [1.807, 2.05) is 37.3 Å². The molecule has 118 valence electrons. The van der Waals surface area contributed by atoms with Crippen molar-refractivity contribution in [1.82, 2.24) is 9.78 Å². The zero-order valence-electron chi connectivity index (χ0n) is 12.7. The van der Waals surface area contributed by atoms with E-state index >= 15 is 0 Å². The molecule has 0 bridgehead atoms. The molecule has 3 aromatic rings. The highest BCUT2D eigenvalue weighted by Gasteiger charge is 2.17. The quantitative estimate of drug-likeness (QED) is 0.752. The molecule has 0 aliphatic rings. The summed E-state index contributed by atoms with van der Waals surface area (Å²) in [5, 5.41) is 14.8. The first-order chi connectivity index (χ1) is 11.0. The fourth-order valence-electron chi connectivity index (χ4n) is 2.62. The molecule has 0 aliphatic heterocycles. The van der Waals surface area contributed by atoms with Crippen LogP contribution in [0.2, 0.25) is 0 Å². The zero-order chi connectivity index (χ0) is 16.6. The van der Waals surface area contributed by atoms with Crippen LogP contribution in [-0.2, 0) is 6.54 Å². The third-order valence-electron chi connectivity index (χ3n) is 3.72. The minimum Gasteiger partial charge on any atom is -0.497 e. The van der Waals surface area contributed by atoms with Gasteiger partial charge >= 0.3 is 5.97 Å². The molecule has 2 aromatic carbocycles. The van der Waals surface area contributed by atoms with Gasteiger partial charge in [-0.1, -0.05) is 28.1 Å². The summed E-state index contributed by atoms with van der Waals surface area (Å²) in [6.45, 7) is 2.38. The van der Waals surface area contributed by atoms with E-state index in [-0.39, 0.29) is 5.56 Å². The molecule has 23 heavy (non-hydrogen) atoms. The molecule has 0 unspecified atom stereocenters. The molecule has 0 spiro atoms. The van der Waals surface area contributed by atoms with Crippen LogP contribution in [0.1, 0.15) is 21.6 Å². The summed E-state index contributed by atoms with van der Waals surface area (Å²) < 4.78 is 7.62. The van der Waals surface area contributed by atoms with E-state index < -0.39 is 5.97 Å². The van der Waals surface area contributed by atoms with E-state index in [1.165, 1.54) is 0 Å². The normalized spacial score (nSPS) is 10.9. The monoisotopic (exact) mass is 374 g/mol. The van der Waals surface area contributed by atoms with Crippen LogP contribution in [0.3, 0.4) is 0 Å². The molecule has 0 atom stereocenters. The molecular weight excluding hydrogens is 360 g/mol. The van der Waals surface area contributed by atoms with Crippen LogP contribution in [0.25, 0.3) is 10.9 Å². The van der Waals surface area contributed by atoms with Crippen LogP contribution < -0.4 is 4.74 Å². The van der Waals surface area contributed by atoms with Crippen LogP contribution in [0.4, 0.5) is 0 Å². The highest BCUT2D eigenvalue weighted by Crippen LogP contribution is 2.27. The van der Waals surface area contributed by atoms with Crippen molar-refractivity contribution in [3.05, 3.63) is 57.7 Å². The maximum atomic E-state index is 11.6. The van der Waals surface area contributed by atoms with Gasteiger partial charge in [0.1, 0.15) is 5.75 Å². The number of aromatic nitrogens is 2. The van der Waals surface area contributed by atoms with Gasteiger partial charge in [-0.15, -0.1) is 0 Å². The Morgan fingerprint density at radius 1 is 1.30 bits per heavy atom. The molecule has 6 heteroatoms. The van der Waals surface area contributed by atoms with Crippen molar-refractivity contribution >= 4 is 32.8 Å². The van der Waals surface area contributed by atoms with Crippen molar-refractivity contribution in [3.8, 4) is 5.75 Å². The lowest BCUT2D eigenvalue weighted by Gasteiger charge is -2.07. The van der Waals surface area contributed by atoms with Crippen molar-refractivity contribution in [2.45, 2.75) is 13.5 Å². The summed E-state index contributed by atoms with van der Waals surface area (Å²) in [4.78, 5) is 11.6. The third kappa shape index (κ3) is 2.94. The van der Waals surface area contributed by atoms with Gasteiger partial charge in [0.05, 0.1) is 30.4 Å². The first-order valence-corrected chi connectivity index (χ1v) is 7.82. The predicted octanol–water partition coefficient (Wildman–Crippen LogP) is 3.86.